The Morgan fingerprint density at radius 3 is 2.64 bits per heavy atom. The van der Waals surface area contributed by atoms with Gasteiger partial charge in [0.05, 0.1) is 4.92 Å². The van der Waals surface area contributed by atoms with Crippen LogP contribution in [0.15, 0.2) is 48.5 Å². The number of nitrogens with one attached hydrogen (secondary N) is 2. The van der Waals surface area contributed by atoms with Gasteiger partial charge in [-0.05, 0) is 18.2 Å². The number of nitro groups is 1. The molecule has 2 aromatic rings. The number of anilines is 1. The molecule has 1 aliphatic rings. The van der Waals surface area contributed by atoms with Crippen LogP contribution in [0, 0.1) is 10.1 Å². The van der Waals surface area contributed by atoms with Crippen LogP contribution in [0.1, 0.15) is 0 Å². The molecule has 1 unspecified atom stereocenters. The maximum atomic E-state index is 12.1. The summed E-state index contributed by atoms with van der Waals surface area (Å²) in [5.74, 6) is 0.857. The van der Waals surface area contributed by atoms with Crippen molar-refractivity contribution in [3.8, 4) is 11.5 Å². The van der Waals surface area contributed by atoms with Crippen LogP contribution >= 0.6 is 0 Å². The summed E-state index contributed by atoms with van der Waals surface area (Å²) >= 11 is 0. The van der Waals surface area contributed by atoms with Gasteiger partial charge in [0.2, 0.25) is 6.10 Å². The molecule has 0 spiro atoms. The van der Waals surface area contributed by atoms with Gasteiger partial charge in [-0.3, -0.25) is 14.9 Å². The highest BCUT2D eigenvalue weighted by Gasteiger charge is 2.26. The summed E-state index contributed by atoms with van der Waals surface area (Å²) in [6.45, 7) is 0.785. The van der Waals surface area contributed by atoms with E-state index in [1.165, 1.54) is 6.07 Å². The maximum Gasteiger partial charge on any atom is 0.292 e. The van der Waals surface area contributed by atoms with E-state index in [2.05, 4.69) is 10.6 Å². The molecule has 2 N–H and O–H groups in total. The van der Waals surface area contributed by atoms with Crippen molar-refractivity contribution in [3.05, 3.63) is 58.6 Å². The van der Waals surface area contributed by atoms with E-state index in [4.69, 9.17) is 9.47 Å². The third-order valence-electron chi connectivity index (χ3n) is 3.64. The standard InChI is InChI=1S/C17H17N3O5/c21-17(16-11-24-14-7-3-4-8-15(14)25-16)19-10-9-18-12-5-1-2-6-13(12)20(22)23/h1-8,16,18H,9-11H2,(H,19,21). The highest BCUT2D eigenvalue weighted by molar-refractivity contribution is 5.81. The minimum atomic E-state index is -0.721. The van der Waals surface area contributed by atoms with E-state index in [9.17, 15) is 14.9 Å². The van der Waals surface area contributed by atoms with Crippen molar-refractivity contribution in [1.29, 1.82) is 0 Å². The van der Waals surface area contributed by atoms with E-state index in [0.717, 1.165) is 0 Å². The SMILES string of the molecule is O=C(NCCNc1ccccc1[N+](=O)[O-])C1COc2ccccc2O1. The van der Waals surface area contributed by atoms with Gasteiger partial charge in [0.1, 0.15) is 12.3 Å². The van der Waals surface area contributed by atoms with Gasteiger partial charge in [0.25, 0.3) is 11.6 Å². The fourth-order valence-corrected chi connectivity index (χ4v) is 2.43. The zero-order chi connectivity index (χ0) is 17.6. The fraction of sp³-hybridized carbons (Fsp3) is 0.235. The third kappa shape index (κ3) is 3.97. The summed E-state index contributed by atoms with van der Waals surface area (Å²) in [5.41, 5.74) is 0.405. The van der Waals surface area contributed by atoms with E-state index in [0.29, 0.717) is 30.3 Å². The fourth-order valence-electron chi connectivity index (χ4n) is 2.43. The molecule has 1 aliphatic heterocycles. The molecule has 0 saturated heterocycles. The minimum absolute atomic E-state index is 0.00514. The Hall–Kier alpha value is -3.29. The summed E-state index contributed by atoms with van der Waals surface area (Å²) in [4.78, 5) is 22.6. The van der Waals surface area contributed by atoms with Gasteiger partial charge < -0.3 is 20.1 Å². The Balaban J connectivity index is 1.47. The Labute approximate surface area is 143 Å². The molecular weight excluding hydrogens is 326 g/mol. The van der Waals surface area contributed by atoms with Crippen LogP contribution in [0.4, 0.5) is 11.4 Å². The summed E-state index contributed by atoms with van der Waals surface area (Å²) in [7, 11) is 0. The minimum Gasteiger partial charge on any atom is -0.485 e. The number of hydrogen-bond donors (Lipinski definition) is 2. The van der Waals surface area contributed by atoms with E-state index in [-0.39, 0.29) is 18.2 Å². The van der Waals surface area contributed by atoms with E-state index in [1.807, 2.05) is 6.07 Å². The molecule has 0 aromatic heterocycles. The number of nitrogens with zero attached hydrogens (tertiary/aromatic N) is 1. The Bertz CT molecular complexity index is 780. The van der Waals surface area contributed by atoms with Crippen molar-refractivity contribution >= 4 is 17.3 Å². The first kappa shape index (κ1) is 16.6. The number of para-hydroxylation sites is 4. The lowest BCUT2D eigenvalue weighted by Gasteiger charge is -2.25. The number of amides is 1. The lowest BCUT2D eigenvalue weighted by atomic mass is 10.2. The van der Waals surface area contributed by atoms with E-state index >= 15 is 0 Å². The largest absolute Gasteiger partial charge is 0.485 e. The number of ether oxygens (including phenoxy) is 2. The van der Waals surface area contributed by atoms with Crippen LogP contribution in [0.5, 0.6) is 11.5 Å². The van der Waals surface area contributed by atoms with E-state index in [1.54, 1.807) is 36.4 Å². The highest BCUT2D eigenvalue weighted by atomic mass is 16.6. The van der Waals surface area contributed by atoms with Gasteiger partial charge in [0, 0.05) is 19.2 Å². The summed E-state index contributed by atoms with van der Waals surface area (Å²) < 4.78 is 11.1. The summed E-state index contributed by atoms with van der Waals surface area (Å²) in [5, 5.41) is 16.6. The van der Waals surface area contributed by atoms with Crippen LogP contribution in [0.2, 0.25) is 0 Å². The summed E-state index contributed by atoms with van der Waals surface area (Å²) in [6.07, 6.45) is -0.721. The molecule has 1 heterocycles. The second-order valence-corrected chi connectivity index (χ2v) is 5.36. The molecule has 1 atom stereocenters. The molecular formula is C17H17N3O5. The Morgan fingerprint density at radius 2 is 1.84 bits per heavy atom. The number of carbonyl (C=O) groups excluding carboxylic acids is 1. The molecule has 8 nitrogen and oxygen atoms in total. The van der Waals surface area contributed by atoms with Gasteiger partial charge in [-0.1, -0.05) is 24.3 Å². The normalized spacial score (nSPS) is 15.3. The second kappa shape index (κ2) is 7.52. The van der Waals surface area contributed by atoms with Crippen LogP contribution in [0.3, 0.4) is 0 Å². The first-order chi connectivity index (χ1) is 12.1. The van der Waals surface area contributed by atoms with Crippen LogP contribution in [-0.2, 0) is 4.79 Å². The molecule has 130 valence electrons. The quantitative estimate of drug-likeness (QED) is 0.472. The van der Waals surface area contributed by atoms with Gasteiger partial charge >= 0.3 is 0 Å². The molecule has 3 rings (SSSR count). The topological polar surface area (TPSA) is 103 Å². The Morgan fingerprint density at radius 1 is 1.12 bits per heavy atom. The predicted octanol–water partition coefficient (Wildman–Crippen LogP) is 1.96. The summed E-state index contributed by atoms with van der Waals surface area (Å²) in [6, 6.07) is 13.5. The van der Waals surface area contributed by atoms with Crippen LogP contribution < -0.4 is 20.1 Å². The smallest absolute Gasteiger partial charge is 0.292 e. The zero-order valence-electron chi connectivity index (χ0n) is 13.3. The van der Waals surface area contributed by atoms with Gasteiger partial charge in [-0.2, -0.15) is 0 Å². The van der Waals surface area contributed by atoms with Crippen molar-refractivity contribution in [1.82, 2.24) is 5.32 Å². The maximum absolute atomic E-state index is 12.1. The molecule has 0 fully saturated rings. The van der Waals surface area contributed by atoms with Crippen molar-refractivity contribution in [3.63, 3.8) is 0 Å². The van der Waals surface area contributed by atoms with Gasteiger partial charge in [-0.15, -0.1) is 0 Å². The number of benzene rings is 2. The van der Waals surface area contributed by atoms with E-state index < -0.39 is 11.0 Å². The highest BCUT2D eigenvalue weighted by Crippen LogP contribution is 2.30. The van der Waals surface area contributed by atoms with Crippen molar-refractivity contribution < 1.29 is 19.2 Å². The molecule has 1 amide bonds. The van der Waals surface area contributed by atoms with Crippen molar-refractivity contribution in [2.45, 2.75) is 6.10 Å². The second-order valence-electron chi connectivity index (χ2n) is 5.36. The molecule has 2 aromatic carbocycles. The molecule has 25 heavy (non-hydrogen) atoms. The lowest BCUT2D eigenvalue weighted by molar-refractivity contribution is -0.384. The van der Waals surface area contributed by atoms with Crippen LogP contribution in [0.25, 0.3) is 0 Å². The van der Waals surface area contributed by atoms with Gasteiger partial charge in [-0.25, -0.2) is 0 Å². The molecule has 0 radical (unpaired) electrons. The lowest BCUT2D eigenvalue weighted by Crippen LogP contribution is -2.45. The van der Waals surface area contributed by atoms with Gasteiger partial charge in [0.15, 0.2) is 11.5 Å². The monoisotopic (exact) mass is 343 g/mol. The molecule has 8 heteroatoms. The third-order valence-corrected chi connectivity index (χ3v) is 3.64. The number of fused-ring (bicyclic) bond motifs is 1. The average molecular weight is 343 g/mol. The zero-order valence-corrected chi connectivity index (χ0v) is 13.3. The molecule has 0 bridgehead atoms. The number of rotatable bonds is 6. The number of hydrogen-bond acceptors (Lipinski definition) is 6. The average Bonchev–Trinajstić information content (AvgIpc) is 2.64. The van der Waals surface area contributed by atoms with Crippen molar-refractivity contribution in [2.24, 2.45) is 0 Å². The Kier molecular flexibility index (Phi) is 4.98. The van der Waals surface area contributed by atoms with Crippen molar-refractivity contribution in [2.75, 3.05) is 25.0 Å². The van der Waals surface area contributed by atoms with Crippen LogP contribution in [-0.4, -0.2) is 36.6 Å². The first-order valence-corrected chi connectivity index (χ1v) is 7.78. The number of carbonyl (C=O) groups is 1. The number of nitro benzene ring substituents is 1. The predicted molar refractivity (Wildman–Crippen MR) is 90.9 cm³/mol. The molecule has 0 aliphatic carbocycles. The molecule has 0 saturated carbocycles. The first-order valence-electron chi connectivity index (χ1n) is 7.78.